The first-order valence-electron chi connectivity index (χ1n) is 9.83. The molecule has 0 radical (unpaired) electrons. The van der Waals surface area contributed by atoms with E-state index in [-0.39, 0.29) is 11.6 Å². The molecule has 0 saturated heterocycles. The largest absolute Gasteiger partial charge is 0.382 e. The lowest BCUT2D eigenvalue weighted by molar-refractivity contribution is 0.0487. The molecule has 0 saturated carbocycles. The Morgan fingerprint density at radius 1 is 0.897 bits per heavy atom. The predicted molar refractivity (Wildman–Crippen MR) is 114 cm³/mol. The van der Waals surface area contributed by atoms with Gasteiger partial charge in [0.2, 0.25) is 0 Å². The van der Waals surface area contributed by atoms with E-state index < -0.39 is 11.2 Å². The number of hydrogen-bond acceptors (Lipinski definition) is 5. The molecule has 0 aliphatic heterocycles. The van der Waals surface area contributed by atoms with Gasteiger partial charge < -0.3 is 15.5 Å². The van der Waals surface area contributed by atoms with E-state index in [4.69, 9.17) is 0 Å². The molecule has 0 bridgehead atoms. The van der Waals surface area contributed by atoms with Crippen molar-refractivity contribution in [1.82, 2.24) is 5.32 Å². The number of aryl methyl sites for hydroxylation is 1. The minimum absolute atomic E-state index is 0.295. The van der Waals surface area contributed by atoms with E-state index in [0.717, 1.165) is 23.1 Å². The van der Waals surface area contributed by atoms with Crippen molar-refractivity contribution in [3.63, 3.8) is 0 Å². The fourth-order valence-electron chi connectivity index (χ4n) is 3.03. The van der Waals surface area contributed by atoms with Gasteiger partial charge in [0.15, 0.2) is 11.6 Å². The number of Topliss-reactive ketones (excluding diaryl/α,β-unsaturated/α-hetero) is 2. The van der Waals surface area contributed by atoms with Crippen molar-refractivity contribution in [2.75, 3.05) is 6.54 Å². The van der Waals surface area contributed by atoms with Gasteiger partial charge in [-0.05, 0) is 76.4 Å². The Labute approximate surface area is 172 Å². The highest BCUT2D eigenvalue weighted by molar-refractivity contribution is 6.02. The summed E-state index contributed by atoms with van der Waals surface area (Å²) in [5.74, 6) is -0.594. The summed E-state index contributed by atoms with van der Waals surface area (Å²) in [5, 5.41) is 23.2. The van der Waals surface area contributed by atoms with Crippen LogP contribution >= 0.6 is 0 Å². The molecule has 0 amide bonds. The van der Waals surface area contributed by atoms with Crippen molar-refractivity contribution in [2.45, 2.75) is 58.8 Å². The van der Waals surface area contributed by atoms with E-state index in [1.807, 2.05) is 37.3 Å². The summed E-state index contributed by atoms with van der Waals surface area (Å²) >= 11 is 0. The van der Waals surface area contributed by atoms with Crippen LogP contribution in [-0.2, 0) is 13.0 Å². The highest BCUT2D eigenvalue weighted by Gasteiger charge is 2.26. The summed E-state index contributed by atoms with van der Waals surface area (Å²) in [6.45, 7) is 9.24. The monoisotopic (exact) mass is 397 g/mol. The molecule has 29 heavy (non-hydrogen) atoms. The molecule has 0 unspecified atom stereocenters. The van der Waals surface area contributed by atoms with Crippen LogP contribution in [0.25, 0.3) is 0 Å². The van der Waals surface area contributed by atoms with Crippen molar-refractivity contribution in [1.29, 1.82) is 0 Å². The van der Waals surface area contributed by atoms with Gasteiger partial charge in [-0.15, -0.1) is 0 Å². The van der Waals surface area contributed by atoms with Gasteiger partial charge in [-0.3, -0.25) is 9.59 Å². The Morgan fingerprint density at radius 2 is 1.48 bits per heavy atom. The molecule has 2 rings (SSSR count). The molecule has 2 aromatic carbocycles. The summed E-state index contributed by atoms with van der Waals surface area (Å²) in [6, 6.07) is 12.8. The number of nitrogens with one attached hydrogen (secondary N) is 1. The van der Waals surface area contributed by atoms with Crippen LogP contribution in [0.3, 0.4) is 0 Å². The lowest BCUT2D eigenvalue weighted by Gasteiger charge is -2.17. The molecule has 0 heterocycles. The Morgan fingerprint density at radius 3 is 2.07 bits per heavy atom. The summed E-state index contributed by atoms with van der Waals surface area (Å²) in [7, 11) is 0. The zero-order chi connectivity index (χ0) is 21.8. The summed E-state index contributed by atoms with van der Waals surface area (Å²) < 4.78 is 0. The standard InChI is InChI=1S/C24H31NO4/c1-16-9-10-19(22(27)24(4,5)29)14-20(16)15-25-12-11-17-7-6-8-18(13-17)21(26)23(2,3)28/h6-10,13-14,25,28-29H,11-12,15H2,1-5H3. The van der Waals surface area contributed by atoms with E-state index in [1.54, 1.807) is 12.1 Å². The average molecular weight is 398 g/mol. The highest BCUT2D eigenvalue weighted by Crippen LogP contribution is 2.17. The lowest BCUT2D eigenvalue weighted by atomic mass is 9.94. The van der Waals surface area contributed by atoms with Crippen LogP contribution in [0.1, 0.15) is 65.1 Å². The van der Waals surface area contributed by atoms with Gasteiger partial charge in [0.25, 0.3) is 0 Å². The van der Waals surface area contributed by atoms with Gasteiger partial charge in [-0.25, -0.2) is 0 Å². The molecular formula is C24H31NO4. The molecule has 156 valence electrons. The van der Waals surface area contributed by atoms with Crippen molar-refractivity contribution in [2.24, 2.45) is 0 Å². The third-order valence-electron chi connectivity index (χ3n) is 4.82. The van der Waals surface area contributed by atoms with Gasteiger partial charge in [0.1, 0.15) is 11.2 Å². The minimum atomic E-state index is -1.40. The Balaban J connectivity index is 1.98. The number of rotatable bonds is 9. The summed E-state index contributed by atoms with van der Waals surface area (Å²) in [6.07, 6.45) is 0.730. The normalized spacial score (nSPS) is 12.1. The Bertz CT molecular complexity index is 888. The minimum Gasteiger partial charge on any atom is -0.382 e. The third kappa shape index (κ3) is 6.32. The maximum absolute atomic E-state index is 12.3. The number of carbonyl (C=O) groups is 2. The van der Waals surface area contributed by atoms with Gasteiger partial charge in [-0.2, -0.15) is 0 Å². The Hall–Kier alpha value is -2.34. The predicted octanol–water partition coefficient (Wildman–Crippen LogP) is 3.23. The van der Waals surface area contributed by atoms with Crippen molar-refractivity contribution >= 4 is 11.6 Å². The molecule has 3 N–H and O–H groups in total. The molecule has 0 aliphatic rings. The van der Waals surface area contributed by atoms with E-state index in [1.165, 1.54) is 27.7 Å². The molecule has 0 aliphatic carbocycles. The smallest absolute Gasteiger partial charge is 0.193 e. The van der Waals surface area contributed by atoms with Crippen LogP contribution in [0.4, 0.5) is 0 Å². The van der Waals surface area contributed by atoms with E-state index in [9.17, 15) is 19.8 Å². The third-order valence-corrected chi connectivity index (χ3v) is 4.82. The molecule has 0 atom stereocenters. The van der Waals surface area contributed by atoms with Gasteiger partial charge >= 0.3 is 0 Å². The topological polar surface area (TPSA) is 86.6 Å². The van der Waals surface area contributed by atoms with E-state index in [2.05, 4.69) is 5.32 Å². The number of hydrogen-bond donors (Lipinski definition) is 3. The molecule has 5 heteroatoms. The molecule has 5 nitrogen and oxygen atoms in total. The van der Waals surface area contributed by atoms with Gasteiger partial charge in [0.05, 0.1) is 0 Å². The van der Waals surface area contributed by atoms with Crippen LogP contribution in [0.5, 0.6) is 0 Å². The van der Waals surface area contributed by atoms with Crippen LogP contribution in [-0.4, -0.2) is 39.5 Å². The Kier molecular flexibility index (Phi) is 7.11. The second-order valence-electron chi connectivity index (χ2n) is 8.54. The second kappa shape index (κ2) is 8.99. The second-order valence-corrected chi connectivity index (χ2v) is 8.54. The first kappa shape index (κ1) is 22.9. The zero-order valence-electron chi connectivity index (χ0n) is 17.9. The SMILES string of the molecule is Cc1ccc(C(=O)C(C)(C)O)cc1CNCCc1cccc(C(=O)C(C)(C)O)c1. The maximum Gasteiger partial charge on any atom is 0.193 e. The van der Waals surface area contributed by atoms with Crippen LogP contribution in [0, 0.1) is 6.92 Å². The maximum atomic E-state index is 12.3. The first-order valence-corrected chi connectivity index (χ1v) is 9.83. The van der Waals surface area contributed by atoms with Crippen molar-refractivity contribution < 1.29 is 19.8 Å². The fraction of sp³-hybridized carbons (Fsp3) is 0.417. The molecular weight excluding hydrogens is 366 g/mol. The van der Waals surface area contributed by atoms with Gasteiger partial charge in [-0.1, -0.05) is 30.3 Å². The molecule has 0 aromatic heterocycles. The average Bonchev–Trinajstić information content (AvgIpc) is 2.64. The van der Waals surface area contributed by atoms with Crippen LogP contribution in [0.15, 0.2) is 42.5 Å². The van der Waals surface area contributed by atoms with Crippen molar-refractivity contribution in [3.8, 4) is 0 Å². The number of ketones is 2. The van der Waals surface area contributed by atoms with Gasteiger partial charge in [0, 0.05) is 17.7 Å². The highest BCUT2D eigenvalue weighted by atomic mass is 16.3. The summed E-state index contributed by atoms with van der Waals surface area (Å²) in [5.41, 5.74) is 1.30. The molecule has 2 aromatic rings. The first-order chi connectivity index (χ1) is 13.4. The summed E-state index contributed by atoms with van der Waals surface area (Å²) in [4.78, 5) is 24.5. The van der Waals surface area contributed by atoms with E-state index in [0.29, 0.717) is 24.2 Å². The molecule has 0 fully saturated rings. The van der Waals surface area contributed by atoms with Crippen LogP contribution in [0.2, 0.25) is 0 Å². The molecule has 0 spiro atoms. The fourth-order valence-corrected chi connectivity index (χ4v) is 3.03. The number of carbonyl (C=O) groups excluding carboxylic acids is 2. The zero-order valence-corrected chi connectivity index (χ0v) is 17.9. The van der Waals surface area contributed by atoms with Crippen molar-refractivity contribution in [3.05, 3.63) is 70.3 Å². The number of aliphatic hydroxyl groups is 2. The lowest BCUT2D eigenvalue weighted by Crippen LogP contribution is -2.31. The number of benzene rings is 2. The quantitative estimate of drug-likeness (QED) is 0.447. The van der Waals surface area contributed by atoms with Crippen LogP contribution < -0.4 is 5.32 Å². The van der Waals surface area contributed by atoms with E-state index >= 15 is 0 Å².